The van der Waals surface area contributed by atoms with Crippen molar-refractivity contribution in [3.8, 4) is 0 Å². The first kappa shape index (κ1) is 14.8. The third-order valence-electron chi connectivity index (χ3n) is 2.47. The predicted molar refractivity (Wildman–Crippen MR) is 69.1 cm³/mol. The van der Waals surface area contributed by atoms with Gasteiger partial charge in [0, 0.05) is 11.8 Å². The number of hydrogen-bond acceptors (Lipinski definition) is 2. The fourth-order valence-electron chi connectivity index (χ4n) is 1.56. The van der Waals surface area contributed by atoms with Gasteiger partial charge in [-0.1, -0.05) is 35.3 Å². The number of ketones is 1. The van der Waals surface area contributed by atoms with Crippen LogP contribution >= 0.6 is 23.2 Å². The van der Waals surface area contributed by atoms with Crippen LogP contribution in [0.4, 0.5) is 13.2 Å². The molecule has 0 aliphatic rings. The monoisotopic (exact) mass is 319 g/mol. The number of rotatable bonds is 2. The molecule has 7 heteroatoms. The molecule has 0 saturated carbocycles. The van der Waals surface area contributed by atoms with Gasteiger partial charge in [0.2, 0.25) is 5.78 Å². The van der Waals surface area contributed by atoms with Crippen LogP contribution in [0.2, 0.25) is 10.0 Å². The molecular formula is C13H6Cl2F3NO. The minimum Gasteiger partial charge on any atom is -0.287 e. The molecule has 2 nitrogen and oxygen atoms in total. The van der Waals surface area contributed by atoms with Gasteiger partial charge in [0.15, 0.2) is 0 Å². The number of aromatic nitrogens is 1. The van der Waals surface area contributed by atoms with E-state index in [1.807, 2.05) is 0 Å². The second kappa shape index (κ2) is 5.42. The predicted octanol–water partition coefficient (Wildman–Crippen LogP) is 4.64. The third-order valence-corrected chi connectivity index (χ3v) is 2.97. The number of pyridine rings is 1. The van der Waals surface area contributed by atoms with E-state index >= 15 is 0 Å². The van der Waals surface area contributed by atoms with E-state index in [1.54, 1.807) is 0 Å². The van der Waals surface area contributed by atoms with E-state index in [1.165, 1.54) is 18.3 Å². The molecule has 1 aromatic heterocycles. The molecule has 20 heavy (non-hydrogen) atoms. The molecule has 2 aromatic rings. The molecule has 0 spiro atoms. The zero-order valence-corrected chi connectivity index (χ0v) is 11.2. The number of carbonyl (C=O) groups is 1. The van der Waals surface area contributed by atoms with Crippen LogP contribution in [0.3, 0.4) is 0 Å². The van der Waals surface area contributed by atoms with Crippen molar-refractivity contribution in [2.24, 2.45) is 0 Å². The lowest BCUT2D eigenvalue weighted by Gasteiger charge is -2.08. The van der Waals surface area contributed by atoms with Crippen LogP contribution in [0.25, 0.3) is 0 Å². The summed E-state index contributed by atoms with van der Waals surface area (Å²) in [6.07, 6.45) is -3.32. The summed E-state index contributed by atoms with van der Waals surface area (Å²) in [4.78, 5) is 15.9. The first-order valence-corrected chi connectivity index (χ1v) is 6.07. The lowest BCUT2D eigenvalue weighted by Crippen LogP contribution is -2.09. The van der Waals surface area contributed by atoms with Crippen LogP contribution in [0.15, 0.2) is 36.5 Å². The van der Waals surface area contributed by atoms with Gasteiger partial charge in [-0.15, -0.1) is 0 Å². The molecule has 0 N–H and O–H groups in total. The van der Waals surface area contributed by atoms with Gasteiger partial charge in [-0.3, -0.25) is 4.79 Å². The normalized spacial score (nSPS) is 11.4. The first-order valence-electron chi connectivity index (χ1n) is 5.32. The van der Waals surface area contributed by atoms with Crippen LogP contribution in [-0.4, -0.2) is 10.8 Å². The standard InChI is InChI=1S/C13H6Cl2F3NO/c14-9-5-10(15)11(19-6-9)12(20)7-2-1-3-8(4-7)13(16,17)18/h1-6H. The number of carbonyl (C=O) groups excluding carboxylic acids is 1. The van der Waals surface area contributed by atoms with Crippen molar-refractivity contribution in [3.05, 3.63) is 63.4 Å². The molecule has 1 aromatic carbocycles. The van der Waals surface area contributed by atoms with Crippen molar-refractivity contribution in [1.82, 2.24) is 4.98 Å². The molecular weight excluding hydrogens is 314 g/mol. The smallest absolute Gasteiger partial charge is 0.287 e. The molecule has 1 heterocycles. The molecule has 0 atom stereocenters. The summed E-state index contributed by atoms with van der Waals surface area (Å²) in [5, 5.41) is 0.218. The Labute approximate surface area is 122 Å². The summed E-state index contributed by atoms with van der Waals surface area (Å²) in [6, 6.07) is 5.36. The molecule has 0 aliphatic heterocycles. The maximum Gasteiger partial charge on any atom is 0.416 e. The Bertz CT molecular complexity index is 671. The van der Waals surface area contributed by atoms with Crippen molar-refractivity contribution in [2.45, 2.75) is 6.18 Å². The average Bonchev–Trinajstić information content (AvgIpc) is 2.37. The van der Waals surface area contributed by atoms with E-state index in [9.17, 15) is 18.0 Å². The second-order valence-corrected chi connectivity index (χ2v) is 4.74. The molecule has 2 rings (SSSR count). The van der Waals surface area contributed by atoms with Crippen molar-refractivity contribution in [3.63, 3.8) is 0 Å². The maximum atomic E-state index is 12.6. The number of hydrogen-bond donors (Lipinski definition) is 0. The molecule has 0 aliphatic carbocycles. The van der Waals surface area contributed by atoms with Crippen molar-refractivity contribution >= 4 is 29.0 Å². The molecule has 0 fully saturated rings. The van der Waals surface area contributed by atoms with Crippen LogP contribution in [0, 0.1) is 0 Å². The van der Waals surface area contributed by atoms with E-state index in [-0.39, 0.29) is 21.3 Å². The highest BCUT2D eigenvalue weighted by atomic mass is 35.5. The van der Waals surface area contributed by atoms with Crippen molar-refractivity contribution in [2.75, 3.05) is 0 Å². The Morgan fingerprint density at radius 2 is 1.85 bits per heavy atom. The fourth-order valence-corrected chi connectivity index (χ4v) is 2.02. The fraction of sp³-hybridized carbons (Fsp3) is 0.0769. The highest BCUT2D eigenvalue weighted by molar-refractivity contribution is 6.37. The van der Waals surface area contributed by atoms with Crippen LogP contribution < -0.4 is 0 Å². The Hall–Kier alpha value is -1.59. The van der Waals surface area contributed by atoms with Gasteiger partial charge in [0.1, 0.15) is 5.69 Å². The minimum atomic E-state index is -4.52. The molecule has 0 amide bonds. The molecule has 0 unspecified atom stereocenters. The van der Waals surface area contributed by atoms with Gasteiger partial charge in [-0.25, -0.2) is 4.98 Å². The number of nitrogens with zero attached hydrogens (tertiary/aromatic N) is 1. The topological polar surface area (TPSA) is 30.0 Å². The zero-order chi connectivity index (χ0) is 14.9. The SMILES string of the molecule is O=C(c1cccc(C(F)(F)F)c1)c1ncc(Cl)cc1Cl. The largest absolute Gasteiger partial charge is 0.416 e. The van der Waals surface area contributed by atoms with E-state index in [4.69, 9.17) is 23.2 Å². The highest BCUT2D eigenvalue weighted by Crippen LogP contribution is 2.30. The Morgan fingerprint density at radius 1 is 1.15 bits per heavy atom. The minimum absolute atomic E-state index is 0.0140. The Morgan fingerprint density at radius 3 is 2.45 bits per heavy atom. The lowest BCUT2D eigenvalue weighted by atomic mass is 10.0. The van der Waals surface area contributed by atoms with Gasteiger partial charge in [0.05, 0.1) is 15.6 Å². The Balaban J connectivity index is 2.44. The van der Waals surface area contributed by atoms with E-state index in [0.717, 1.165) is 18.2 Å². The third kappa shape index (κ3) is 3.11. The molecule has 0 bridgehead atoms. The van der Waals surface area contributed by atoms with Gasteiger partial charge in [-0.05, 0) is 18.2 Å². The van der Waals surface area contributed by atoms with Crippen LogP contribution in [0.5, 0.6) is 0 Å². The number of halogens is 5. The van der Waals surface area contributed by atoms with Crippen molar-refractivity contribution in [1.29, 1.82) is 0 Å². The number of benzene rings is 1. The summed E-state index contributed by atoms with van der Waals surface area (Å²) in [7, 11) is 0. The van der Waals surface area contributed by atoms with Crippen LogP contribution in [0.1, 0.15) is 21.6 Å². The molecule has 104 valence electrons. The summed E-state index contributed by atoms with van der Waals surface area (Å²) in [5.74, 6) is -0.697. The van der Waals surface area contributed by atoms with Crippen molar-refractivity contribution < 1.29 is 18.0 Å². The van der Waals surface area contributed by atoms with Crippen LogP contribution in [-0.2, 0) is 6.18 Å². The summed E-state index contributed by atoms with van der Waals surface area (Å²) >= 11 is 11.5. The van der Waals surface area contributed by atoms with Gasteiger partial charge < -0.3 is 0 Å². The van der Waals surface area contributed by atoms with Gasteiger partial charge in [-0.2, -0.15) is 13.2 Å². The van der Waals surface area contributed by atoms with E-state index < -0.39 is 17.5 Å². The first-order chi connectivity index (χ1) is 9.29. The molecule has 0 radical (unpaired) electrons. The Kier molecular flexibility index (Phi) is 4.01. The lowest BCUT2D eigenvalue weighted by molar-refractivity contribution is -0.137. The zero-order valence-electron chi connectivity index (χ0n) is 9.71. The summed E-state index contributed by atoms with van der Waals surface area (Å²) in [5.41, 5.74) is -1.19. The van der Waals surface area contributed by atoms with E-state index in [0.29, 0.717) is 0 Å². The highest BCUT2D eigenvalue weighted by Gasteiger charge is 2.31. The van der Waals surface area contributed by atoms with Gasteiger partial charge in [0.25, 0.3) is 0 Å². The summed E-state index contributed by atoms with van der Waals surface area (Å²) < 4.78 is 37.8. The maximum absolute atomic E-state index is 12.6. The number of alkyl halides is 3. The van der Waals surface area contributed by atoms with Gasteiger partial charge >= 0.3 is 6.18 Å². The second-order valence-electron chi connectivity index (χ2n) is 3.89. The summed E-state index contributed by atoms with van der Waals surface area (Å²) in [6.45, 7) is 0. The quantitative estimate of drug-likeness (QED) is 0.755. The molecule has 0 saturated heterocycles. The average molecular weight is 320 g/mol. The van der Waals surface area contributed by atoms with E-state index in [2.05, 4.69) is 4.98 Å².